The maximum atomic E-state index is 14.3. The Hall–Kier alpha value is -4.05. The van der Waals surface area contributed by atoms with Crippen LogP contribution in [0.3, 0.4) is 0 Å². The van der Waals surface area contributed by atoms with Gasteiger partial charge in [-0.15, -0.1) is 0 Å². The highest BCUT2D eigenvalue weighted by Crippen LogP contribution is 2.34. The van der Waals surface area contributed by atoms with Crippen molar-refractivity contribution in [2.24, 2.45) is 0 Å². The Morgan fingerprint density at radius 3 is 2.33 bits per heavy atom. The van der Waals surface area contributed by atoms with Gasteiger partial charge in [0, 0.05) is 12.6 Å². The maximum Gasteiger partial charge on any atom is 0.264 e. The molecular formula is C33H41N3O6S. The molecule has 43 heavy (non-hydrogen) atoms. The average molecular weight is 608 g/mol. The highest BCUT2D eigenvalue weighted by atomic mass is 32.2. The topological polar surface area (TPSA) is 105 Å². The minimum atomic E-state index is -4.20. The minimum absolute atomic E-state index is 0.0359. The van der Waals surface area contributed by atoms with Crippen LogP contribution in [0.1, 0.15) is 50.2 Å². The van der Waals surface area contributed by atoms with E-state index >= 15 is 0 Å². The first-order chi connectivity index (χ1) is 20.6. The van der Waals surface area contributed by atoms with Gasteiger partial charge in [0.25, 0.3) is 10.0 Å². The Bertz CT molecular complexity index is 1510. The summed E-state index contributed by atoms with van der Waals surface area (Å²) in [4.78, 5) is 29.2. The number of nitrogens with zero attached hydrogens (tertiary/aromatic N) is 2. The quantitative estimate of drug-likeness (QED) is 0.308. The number of sulfonamides is 1. The van der Waals surface area contributed by atoms with Crippen LogP contribution in [0.15, 0.2) is 77.7 Å². The lowest BCUT2D eigenvalue weighted by atomic mass is 9.95. The number of anilines is 1. The second-order valence-corrected chi connectivity index (χ2v) is 12.8. The van der Waals surface area contributed by atoms with Crippen LogP contribution < -0.4 is 19.1 Å². The summed E-state index contributed by atoms with van der Waals surface area (Å²) in [6.07, 6.45) is 5.06. The molecule has 0 saturated heterocycles. The normalized spacial score (nSPS) is 14.4. The zero-order chi connectivity index (χ0) is 31.0. The van der Waals surface area contributed by atoms with E-state index < -0.39 is 28.5 Å². The average Bonchev–Trinajstić information content (AvgIpc) is 3.03. The predicted octanol–water partition coefficient (Wildman–Crippen LogP) is 5.07. The van der Waals surface area contributed by atoms with E-state index in [9.17, 15) is 18.0 Å². The summed E-state index contributed by atoms with van der Waals surface area (Å²) in [7, 11) is -1.19. The summed E-state index contributed by atoms with van der Waals surface area (Å²) in [6.45, 7) is 3.06. The van der Waals surface area contributed by atoms with Crippen molar-refractivity contribution in [3.8, 4) is 11.5 Å². The van der Waals surface area contributed by atoms with Crippen molar-refractivity contribution in [1.82, 2.24) is 10.2 Å². The SMILES string of the molecule is COc1cccc(CN(C(=O)CN(c2cc(C)ccc2OC)S(=O)(=O)c2ccccc2)C(C)C(=O)NC2CCCCC2)c1. The van der Waals surface area contributed by atoms with Crippen molar-refractivity contribution >= 4 is 27.5 Å². The first-order valence-electron chi connectivity index (χ1n) is 14.6. The molecular weight excluding hydrogens is 566 g/mol. The first-order valence-corrected chi connectivity index (χ1v) is 16.0. The summed E-state index contributed by atoms with van der Waals surface area (Å²) in [6, 6.07) is 19.6. The van der Waals surface area contributed by atoms with Crippen LogP contribution in [0.5, 0.6) is 11.5 Å². The van der Waals surface area contributed by atoms with Gasteiger partial charge in [-0.2, -0.15) is 0 Å². The third-order valence-corrected chi connectivity index (χ3v) is 9.59. The fourth-order valence-electron chi connectivity index (χ4n) is 5.35. The summed E-state index contributed by atoms with van der Waals surface area (Å²) >= 11 is 0. The number of ether oxygens (including phenoxy) is 2. The molecule has 0 heterocycles. The zero-order valence-electron chi connectivity index (χ0n) is 25.3. The molecule has 9 nitrogen and oxygen atoms in total. The molecule has 0 radical (unpaired) electrons. The Labute approximate surface area is 254 Å². The molecule has 1 saturated carbocycles. The number of methoxy groups -OCH3 is 2. The summed E-state index contributed by atoms with van der Waals surface area (Å²) in [5.41, 5.74) is 1.78. The number of amides is 2. The van der Waals surface area contributed by atoms with Gasteiger partial charge in [-0.1, -0.05) is 55.7 Å². The van der Waals surface area contributed by atoms with Gasteiger partial charge < -0.3 is 19.7 Å². The zero-order valence-corrected chi connectivity index (χ0v) is 26.1. The van der Waals surface area contributed by atoms with Gasteiger partial charge in [0.05, 0.1) is 24.8 Å². The van der Waals surface area contributed by atoms with Crippen molar-refractivity contribution in [2.45, 2.75) is 69.5 Å². The van der Waals surface area contributed by atoms with E-state index in [-0.39, 0.29) is 29.1 Å². The molecule has 1 aliphatic rings. The van der Waals surface area contributed by atoms with Crippen molar-refractivity contribution < 1.29 is 27.5 Å². The highest BCUT2D eigenvalue weighted by Gasteiger charge is 2.34. The second kappa shape index (κ2) is 14.4. The van der Waals surface area contributed by atoms with Crippen LogP contribution in [0.25, 0.3) is 0 Å². The number of aryl methyl sites for hydroxylation is 1. The number of nitrogens with one attached hydrogen (secondary N) is 1. The van der Waals surface area contributed by atoms with Gasteiger partial charge in [0.15, 0.2) is 0 Å². The second-order valence-electron chi connectivity index (χ2n) is 10.9. The summed E-state index contributed by atoms with van der Waals surface area (Å²) < 4.78 is 40.1. The molecule has 0 spiro atoms. The Morgan fingerprint density at radius 2 is 1.65 bits per heavy atom. The molecule has 3 aromatic rings. The number of benzene rings is 3. The van der Waals surface area contributed by atoms with Crippen LogP contribution in [0.2, 0.25) is 0 Å². The van der Waals surface area contributed by atoms with Gasteiger partial charge in [-0.05, 0) is 74.2 Å². The fraction of sp³-hybridized carbons (Fsp3) is 0.394. The van der Waals surface area contributed by atoms with E-state index in [1.165, 1.54) is 24.1 Å². The molecule has 2 amide bonds. The predicted molar refractivity (Wildman–Crippen MR) is 167 cm³/mol. The molecule has 1 unspecified atom stereocenters. The number of rotatable bonds is 12. The molecule has 0 bridgehead atoms. The molecule has 3 aromatic carbocycles. The molecule has 1 N–H and O–H groups in total. The molecule has 0 aliphatic heterocycles. The summed E-state index contributed by atoms with van der Waals surface area (Å²) in [5.74, 6) is 0.119. The molecule has 1 fully saturated rings. The van der Waals surface area contributed by atoms with E-state index in [2.05, 4.69) is 5.32 Å². The largest absolute Gasteiger partial charge is 0.497 e. The van der Waals surface area contributed by atoms with Crippen molar-refractivity contribution in [3.05, 3.63) is 83.9 Å². The third kappa shape index (κ3) is 7.87. The molecule has 10 heteroatoms. The monoisotopic (exact) mass is 607 g/mol. The van der Waals surface area contributed by atoms with Crippen LogP contribution in [-0.4, -0.2) is 58.0 Å². The number of carbonyl (C=O) groups is 2. The van der Waals surface area contributed by atoms with Crippen molar-refractivity contribution in [3.63, 3.8) is 0 Å². The van der Waals surface area contributed by atoms with Gasteiger partial charge >= 0.3 is 0 Å². The van der Waals surface area contributed by atoms with E-state index in [1.807, 2.05) is 25.1 Å². The van der Waals surface area contributed by atoms with Gasteiger partial charge in [-0.3, -0.25) is 13.9 Å². The van der Waals surface area contributed by atoms with E-state index in [0.29, 0.717) is 11.5 Å². The third-order valence-electron chi connectivity index (χ3n) is 7.82. The minimum Gasteiger partial charge on any atom is -0.497 e. The molecule has 230 valence electrons. The van der Waals surface area contributed by atoms with E-state index in [0.717, 1.165) is 47.5 Å². The molecule has 1 aliphatic carbocycles. The summed E-state index contributed by atoms with van der Waals surface area (Å²) in [5, 5.41) is 3.12. The van der Waals surface area contributed by atoms with Crippen molar-refractivity contribution in [1.29, 1.82) is 0 Å². The fourth-order valence-corrected chi connectivity index (χ4v) is 6.78. The standard InChI is InChI=1S/C33H41N3O6S/c1-24-18-19-31(42-4)30(20-24)36(43(39,40)29-16-9-6-10-17-29)23-32(37)35(22-26-12-11-15-28(21-26)41-3)25(2)33(38)34-27-13-7-5-8-14-27/h6,9-12,15-21,25,27H,5,7-8,13-14,22-23H2,1-4H3,(H,34,38). The van der Waals surface area contributed by atoms with E-state index in [4.69, 9.17) is 9.47 Å². The maximum absolute atomic E-state index is 14.3. The highest BCUT2D eigenvalue weighted by molar-refractivity contribution is 7.92. The number of hydrogen-bond donors (Lipinski definition) is 1. The van der Waals surface area contributed by atoms with Crippen LogP contribution in [0, 0.1) is 6.92 Å². The smallest absolute Gasteiger partial charge is 0.264 e. The Morgan fingerprint density at radius 1 is 0.930 bits per heavy atom. The van der Waals surface area contributed by atoms with Crippen molar-refractivity contribution in [2.75, 3.05) is 25.1 Å². The number of hydrogen-bond acceptors (Lipinski definition) is 6. The van der Waals surface area contributed by atoms with Gasteiger partial charge in [0.1, 0.15) is 24.1 Å². The van der Waals surface area contributed by atoms with E-state index in [1.54, 1.807) is 56.5 Å². The lowest BCUT2D eigenvalue weighted by Gasteiger charge is -2.33. The first kappa shape index (κ1) is 31.9. The lowest BCUT2D eigenvalue weighted by Crippen LogP contribution is -2.53. The van der Waals surface area contributed by atoms with Crippen LogP contribution in [-0.2, 0) is 26.2 Å². The molecule has 0 aromatic heterocycles. The molecule has 4 rings (SSSR count). The van der Waals surface area contributed by atoms with Gasteiger partial charge in [-0.25, -0.2) is 8.42 Å². The lowest BCUT2D eigenvalue weighted by molar-refractivity contribution is -0.139. The van der Waals surface area contributed by atoms with Crippen LogP contribution in [0.4, 0.5) is 5.69 Å². The van der Waals surface area contributed by atoms with Crippen LogP contribution >= 0.6 is 0 Å². The Balaban J connectivity index is 1.73. The number of carbonyl (C=O) groups excluding carboxylic acids is 2. The molecule has 1 atom stereocenters. The van der Waals surface area contributed by atoms with Gasteiger partial charge in [0.2, 0.25) is 11.8 Å². The Kier molecular flexibility index (Phi) is 10.7.